The van der Waals surface area contributed by atoms with E-state index in [0.29, 0.717) is 0 Å². The van der Waals surface area contributed by atoms with Crippen molar-refractivity contribution >= 4 is 11.5 Å². The van der Waals surface area contributed by atoms with Crippen molar-refractivity contribution in [3.05, 3.63) is 77.0 Å². The lowest BCUT2D eigenvalue weighted by Gasteiger charge is -2.24. The molecule has 0 aromatic heterocycles. The molecule has 0 radical (unpaired) electrons. The van der Waals surface area contributed by atoms with Gasteiger partial charge in [0.05, 0.1) is 0 Å². The lowest BCUT2D eigenvalue weighted by Crippen LogP contribution is -2.24. The van der Waals surface area contributed by atoms with Gasteiger partial charge in [-0.1, -0.05) is 77.1 Å². The van der Waals surface area contributed by atoms with Gasteiger partial charge in [0, 0.05) is 35.5 Å². The zero-order valence-corrected chi connectivity index (χ0v) is 16.1. The zero-order valence-electron chi connectivity index (χ0n) is 16.1. The Morgan fingerprint density at radius 3 is 2.16 bits per heavy atom. The largest absolute Gasteiger partial charge is 0.347 e. The second kappa shape index (κ2) is 5.87. The molecule has 2 heteroatoms. The first-order chi connectivity index (χ1) is 11.6. The van der Waals surface area contributed by atoms with Gasteiger partial charge < -0.3 is 4.90 Å². The zero-order chi connectivity index (χ0) is 18.4. The molecule has 0 spiro atoms. The average molecular weight is 333 g/mol. The maximum absolute atomic E-state index is 12.8. The highest BCUT2D eigenvalue weighted by molar-refractivity contribution is 6.05. The van der Waals surface area contributed by atoms with Crippen LogP contribution in [-0.4, -0.2) is 12.8 Å². The van der Waals surface area contributed by atoms with E-state index in [1.54, 1.807) is 6.08 Å². The normalized spacial score (nSPS) is 17.7. The fraction of sp³-hybridized carbons (Fsp3) is 0.348. The number of rotatable bonds is 2. The van der Waals surface area contributed by atoms with Crippen LogP contribution in [0.15, 0.2) is 60.3 Å². The fourth-order valence-corrected chi connectivity index (χ4v) is 3.60. The average Bonchev–Trinajstić information content (AvgIpc) is 2.75. The lowest BCUT2D eigenvalue weighted by atomic mass is 9.83. The molecule has 0 saturated carbocycles. The number of likely N-dealkylation sites (N-methyl/N-ethyl adjacent to an activating group) is 1. The molecular weight excluding hydrogens is 306 g/mol. The van der Waals surface area contributed by atoms with Crippen molar-refractivity contribution in [2.75, 3.05) is 11.9 Å². The summed E-state index contributed by atoms with van der Waals surface area (Å²) in [5, 5.41) is 0. The van der Waals surface area contributed by atoms with Crippen molar-refractivity contribution in [3.63, 3.8) is 0 Å². The monoisotopic (exact) mass is 333 g/mol. The molecule has 1 heterocycles. The number of anilines is 1. The van der Waals surface area contributed by atoms with Gasteiger partial charge >= 0.3 is 0 Å². The van der Waals surface area contributed by atoms with Gasteiger partial charge in [0.1, 0.15) is 0 Å². The third-order valence-corrected chi connectivity index (χ3v) is 5.24. The Morgan fingerprint density at radius 2 is 1.60 bits per heavy atom. The van der Waals surface area contributed by atoms with Crippen molar-refractivity contribution in [1.29, 1.82) is 0 Å². The van der Waals surface area contributed by atoms with Crippen LogP contribution < -0.4 is 4.90 Å². The minimum Gasteiger partial charge on any atom is -0.347 e. The fourth-order valence-electron chi connectivity index (χ4n) is 3.60. The molecule has 0 unspecified atom stereocenters. The molecular formula is C23H27NO. The quantitative estimate of drug-likeness (QED) is 0.536. The Balaban J connectivity index is 1.94. The van der Waals surface area contributed by atoms with Gasteiger partial charge in [0.15, 0.2) is 5.78 Å². The van der Waals surface area contributed by atoms with Gasteiger partial charge in [-0.3, -0.25) is 4.79 Å². The standard InChI is InChI=1S/C23H27NO/c1-22(2,3)17-13-11-16(12-14-17)20(25)15-21-23(4,5)18-9-7-8-10-19(18)24(21)6/h7-15H,1-6H3. The minimum atomic E-state index is -0.174. The van der Waals surface area contributed by atoms with Crippen LogP contribution in [0.1, 0.15) is 56.1 Å². The molecule has 25 heavy (non-hydrogen) atoms. The highest BCUT2D eigenvalue weighted by Gasteiger charge is 2.38. The molecule has 0 N–H and O–H groups in total. The number of hydrogen-bond acceptors (Lipinski definition) is 2. The summed E-state index contributed by atoms with van der Waals surface area (Å²) >= 11 is 0. The molecule has 2 aromatic carbocycles. The van der Waals surface area contributed by atoms with E-state index < -0.39 is 0 Å². The van der Waals surface area contributed by atoms with Crippen LogP contribution in [0, 0.1) is 0 Å². The lowest BCUT2D eigenvalue weighted by molar-refractivity contribution is 0.104. The first kappa shape index (κ1) is 17.5. The number of hydrogen-bond donors (Lipinski definition) is 0. The van der Waals surface area contributed by atoms with E-state index in [0.717, 1.165) is 11.3 Å². The van der Waals surface area contributed by atoms with E-state index >= 15 is 0 Å². The summed E-state index contributed by atoms with van der Waals surface area (Å²) in [6.45, 7) is 10.9. The molecule has 2 nitrogen and oxygen atoms in total. The predicted octanol–water partition coefficient (Wildman–Crippen LogP) is 5.48. The predicted molar refractivity (Wildman–Crippen MR) is 105 cm³/mol. The maximum atomic E-state index is 12.8. The Morgan fingerprint density at radius 1 is 1.00 bits per heavy atom. The minimum absolute atomic E-state index is 0.0585. The number of carbonyl (C=O) groups excluding carboxylic acids is 1. The van der Waals surface area contributed by atoms with Crippen LogP contribution in [0.5, 0.6) is 0 Å². The van der Waals surface area contributed by atoms with Gasteiger partial charge in [-0.05, 0) is 22.6 Å². The second-order valence-corrected chi connectivity index (χ2v) is 8.42. The third-order valence-electron chi connectivity index (χ3n) is 5.24. The Labute approximate surface area is 151 Å². The number of carbonyl (C=O) groups is 1. The van der Waals surface area contributed by atoms with E-state index in [1.807, 2.05) is 25.2 Å². The molecule has 0 fully saturated rings. The first-order valence-electron chi connectivity index (χ1n) is 8.82. The van der Waals surface area contributed by atoms with Crippen LogP contribution in [0.2, 0.25) is 0 Å². The molecule has 130 valence electrons. The van der Waals surface area contributed by atoms with E-state index in [1.165, 1.54) is 16.8 Å². The number of fused-ring (bicyclic) bond motifs is 1. The van der Waals surface area contributed by atoms with Crippen molar-refractivity contribution in [2.24, 2.45) is 0 Å². The van der Waals surface area contributed by atoms with E-state index in [4.69, 9.17) is 0 Å². The molecule has 0 saturated heterocycles. The molecule has 0 amide bonds. The van der Waals surface area contributed by atoms with Gasteiger partial charge in [0.2, 0.25) is 0 Å². The highest BCUT2D eigenvalue weighted by atomic mass is 16.1. The SMILES string of the molecule is CN1C(=CC(=O)c2ccc(C(C)(C)C)cc2)C(C)(C)c2ccccc21. The van der Waals surface area contributed by atoms with Crippen LogP contribution in [-0.2, 0) is 10.8 Å². The Hall–Kier alpha value is -2.35. The summed E-state index contributed by atoms with van der Waals surface area (Å²) in [5.74, 6) is 0.0585. The van der Waals surface area contributed by atoms with E-state index in [-0.39, 0.29) is 16.6 Å². The summed E-state index contributed by atoms with van der Waals surface area (Å²) in [6, 6.07) is 16.4. The molecule has 0 atom stereocenters. The van der Waals surface area contributed by atoms with Crippen molar-refractivity contribution < 1.29 is 4.79 Å². The van der Waals surface area contributed by atoms with Crippen LogP contribution in [0.3, 0.4) is 0 Å². The van der Waals surface area contributed by atoms with Crippen LogP contribution in [0.25, 0.3) is 0 Å². The molecule has 1 aliphatic rings. The number of benzene rings is 2. The number of ketones is 1. The number of allylic oxidation sites excluding steroid dienone is 2. The summed E-state index contributed by atoms with van der Waals surface area (Å²) < 4.78 is 0. The molecule has 2 aromatic rings. The van der Waals surface area contributed by atoms with E-state index in [2.05, 4.69) is 69.9 Å². The smallest absolute Gasteiger partial charge is 0.187 e. The van der Waals surface area contributed by atoms with Crippen LogP contribution >= 0.6 is 0 Å². The van der Waals surface area contributed by atoms with Crippen molar-refractivity contribution in [1.82, 2.24) is 0 Å². The first-order valence-corrected chi connectivity index (χ1v) is 8.82. The van der Waals surface area contributed by atoms with Crippen molar-refractivity contribution in [2.45, 2.75) is 45.4 Å². The Bertz CT molecular complexity index is 835. The number of nitrogens with zero attached hydrogens (tertiary/aromatic N) is 1. The molecule has 0 bridgehead atoms. The molecule has 0 aliphatic carbocycles. The third kappa shape index (κ3) is 3.02. The molecule has 3 rings (SSSR count). The molecule has 1 aliphatic heterocycles. The summed E-state index contributed by atoms with van der Waals surface area (Å²) in [7, 11) is 2.04. The summed E-state index contributed by atoms with van der Waals surface area (Å²) in [6.07, 6.45) is 1.80. The maximum Gasteiger partial charge on any atom is 0.187 e. The van der Waals surface area contributed by atoms with Crippen molar-refractivity contribution in [3.8, 4) is 0 Å². The van der Waals surface area contributed by atoms with E-state index in [9.17, 15) is 4.79 Å². The van der Waals surface area contributed by atoms with Gasteiger partial charge in [-0.25, -0.2) is 0 Å². The summed E-state index contributed by atoms with van der Waals surface area (Å²) in [5.41, 5.74) is 5.37. The Kier molecular flexibility index (Phi) is 4.10. The van der Waals surface area contributed by atoms with Gasteiger partial charge in [0.25, 0.3) is 0 Å². The van der Waals surface area contributed by atoms with Gasteiger partial charge in [-0.15, -0.1) is 0 Å². The summed E-state index contributed by atoms with van der Waals surface area (Å²) in [4.78, 5) is 15.0. The van der Waals surface area contributed by atoms with Crippen LogP contribution in [0.4, 0.5) is 5.69 Å². The second-order valence-electron chi connectivity index (χ2n) is 8.42. The van der Waals surface area contributed by atoms with Gasteiger partial charge in [-0.2, -0.15) is 0 Å². The number of para-hydroxylation sites is 1. The highest BCUT2D eigenvalue weighted by Crippen LogP contribution is 2.46. The topological polar surface area (TPSA) is 20.3 Å².